The number of rotatable bonds is 7. The molecule has 0 radical (unpaired) electrons. The van der Waals surface area contributed by atoms with Crippen molar-refractivity contribution in [1.29, 1.82) is 0 Å². The van der Waals surface area contributed by atoms with Gasteiger partial charge in [0, 0.05) is 49.6 Å². The van der Waals surface area contributed by atoms with Crippen molar-refractivity contribution in [3.05, 3.63) is 194 Å². The highest BCUT2D eigenvalue weighted by atomic mass is 16.3. The number of nitrogens with one attached hydrogen (secondary N) is 2. The van der Waals surface area contributed by atoms with Gasteiger partial charge in [-0.1, -0.05) is 115 Å². The summed E-state index contributed by atoms with van der Waals surface area (Å²) in [5.41, 5.74) is 16.1. The van der Waals surface area contributed by atoms with Gasteiger partial charge in [-0.25, -0.2) is 0 Å². The Kier molecular flexibility index (Phi) is 7.47. The van der Waals surface area contributed by atoms with Gasteiger partial charge in [0.15, 0.2) is 0 Å². The topological polar surface area (TPSA) is 63.5 Å². The van der Waals surface area contributed by atoms with Gasteiger partial charge < -0.3 is 23.9 Å². The monoisotopic (exact) mass is 758 g/mol. The van der Waals surface area contributed by atoms with E-state index in [0.717, 1.165) is 122 Å². The summed E-state index contributed by atoms with van der Waals surface area (Å²) in [6.45, 7) is 0. The van der Waals surface area contributed by atoms with Gasteiger partial charge in [0.1, 0.15) is 33.5 Å². The van der Waals surface area contributed by atoms with E-state index in [1.165, 1.54) is 0 Å². The largest absolute Gasteiger partial charge is 0.456 e. The van der Waals surface area contributed by atoms with Crippen molar-refractivity contribution < 1.29 is 13.3 Å². The minimum atomic E-state index is 0.858. The highest BCUT2D eigenvalue weighted by molar-refractivity contribution is 6.13. The third-order valence-electron chi connectivity index (χ3n) is 11.5. The Labute approximate surface area is 338 Å². The number of fused-ring (bicyclic) bond motifs is 9. The second-order valence-corrected chi connectivity index (χ2v) is 15.1. The van der Waals surface area contributed by atoms with Crippen molar-refractivity contribution in [3.63, 3.8) is 0 Å². The summed E-state index contributed by atoms with van der Waals surface area (Å²) in [5, 5.41) is 13.8. The molecule has 0 saturated carbocycles. The first-order chi connectivity index (χ1) is 29.2. The van der Waals surface area contributed by atoms with Crippen LogP contribution in [0.25, 0.3) is 99.2 Å². The second kappa shape index (κ2) is 13.3. The Balaban J connectivity index is 0.749. The first-order valence-electron chi connectivity index (χ1n) is 19.8. The molecule has 278 valence electrons. The summed E-state index contributed by atoms with van der Waals surface area (Å²) in [5.74, 6) is 0. The zero-order valence-corrected chi connectivity index (χ0v) is 31.7. The van der Waals surface area contributed by atoms with Gasteiger partial charge in [0.2, 0.25) is 0 Å². The lowest BCUT2D eigenvalue weighted by Crippen LogP contribution is -1.90. The standard InChI is InChI=1S/C54H34N2O3/c1-3-12-48-42(7-1)44-10-5-9-41(54(44)59-48)36-21-26-39(27-22-36)55-38-24-19-34(20-25-38)33-15-17-35(18-16-33)37-23-29-43-46-32-40(28-30-50(46)58-52(43)31-37)56-47-11-6-14-51-53(47)45-8-2-4-13-49(45)57-51/h1-32,55-56H. The Hall–Kier alpha value is -8.02. The molecule has 12 aromatic rings. The molecule has 0 saturated heterocycles. The van der Waals surface area contributed by atoms with Gasteiger partial charge in [0.05, 0.1) is 11.1 Å². The van der Waals surface area contributed by atoms with Crippen molar-refractivity contribution in [1.82, 2.24) is 0 Å². The molecule has 5 heteroatoms. The van der Waals surface area contributed by atoms with E-state index in [0.29, 0.717) is 0 Å². The van der Waals surface area contributed by atoms with Gasteiger partial charge in [-0.3, -0.25) is 0 Å². The predicted molar refractivity (Wildman–Crippen MR) is 244 cm³/mol. The third-order valence-corrected chi connectivity index (χ3v) is 11.5. The van der Waals surface area contributed by atoms with Crippen LogP contribution in [0.3, 0.4) is 0 Å². The van der Waals surface area contributed by atoms with Crippen LogP contribution in [0.5, 0.6) is 0 Å². The van der Waals surface area contributed by atoms with Crippen molar-refractivity contribution in [2.75, 3.05) is 10.6 Å². The predicted octanol–water partition coefficient (Wildman–Crippen LogP) is 15.9. The number of hydrogen-bond acceptors (Lipinski definition) is 5. The minimum Gasteiger partial charge on any atom is -0.456 e. The fourth-order valence-electron chi connectivity index (χ4n) is 8.54. The quantitative estimate of drug-likeness (QED) is 0.169. The molecule has 5 nitrogen and oxygen atoms in total. The van der Waals surface area contributed by atoms with Gasteiger partial charge in [-0.05, 0) is 107 Å². The summed E-state index contributed by atoms with van der Waals surface area (Å²) in [6.07, 6.45) is 0. The van der Waals surface area contributed by atoms with Crippen molar-refractivity contribution in [2.24, 2.45) is 0 Å². The first-order valence-corrected chi connectivity index (χ1v) is 19.8. The van der Waals surface area contributed by atoms with Crippen LogP contribution in [0.2, 0.25) is 0 Å². The van der Waals surface area contributed by atoms with Crippen molar-refractivity contribution >= 4 is 88.6 Å². The van der Waals surface area contributed by atoms with Crippen LogP contribution in [0.4, 0.5) is 22.7 Å². The summed E-state index contributed by atoms with van der Waals surface area (Å²) < 4.78 is 18.8. The maximum atomic E-state index is 6.38. The van der Waals surface area contributed by atoms with Crippen LogP contribution in [-0.2, 0) is 0 Å². The average molecular weight is 759 g/mol. The Bertz CT molecular complexity index is 3540. The third kappa shape index (κ3) is 5.71. The SMILES string of the molecule is c1ccc2c(c1)oc1c(-c3ccc(Nc4ccc(-c5ccc(-c6ccc7c(c6)oc6ccc(Nc8cccc9oc%10ccccc%10c89)cc67)cc5)cc4)cc3)cccc12. The summed E-state index contributed by atoms with van der Waals surface area (Å²) in [4.78, 5) is 0. The van der Waals surface area contributed by atoms with E-state index in [1.807, 2.05) is 48.5 Å². The molecular weight excluding hydrogens is 725 g/mol. The smallest absolute Gasteiger partial charge is 0.143 e. The molecule has 0 aliphatic carbocycles. The molecule has 0 unspecified atom stereocenters. The lowest BCUT2D eigenvalue weighted by Gasteiger charge is -2.10. The summed E-state index contributed by atoms with van der Waals surface area (Å²) in [7, 11) is 0. The average Bonchev–Trinajstić information content (AvgIpc) is 3.98. The zero-order chi connectivity index (χ0) is 38.9. The molecule has 0 spiro atoms. The van der Waals surface area contributed by atoms with Crippen LogP contribution in [-0.4, -0.2) is 0 Å². The first kappa shape index (κ1) is 33.2. The van der Waals surface area contributed by atoms with E-state index < -0.39 is 0 Å². The maximum absolute atomic E-state index is 6.38. The molecule has 9 aromatic carbocycles. The molecule has 0 aliphatic rings. The fraction of sp³-hybridized carbons (Fsp3) is 0. The normalized spacial score (nSPS) is 11.7. The van der Waals surface area contributed by atoms with Gasteiger partial charge in [-0.15, -0.1) is 0 Å². The van der Waals surface area contributed by atoms with Gasteiger partial charge in [0.25, 0.3) is 0 Å². The lowest BCUT2D eigenvalue weighted by atomic mass is 9.99. The molecule has 12 rings (SSSR count). The van der Waals surface area contributed by atoms with E-state index >= 15 is 0 Å². The second-order valence-electron chi connectivity index (χ2n) is 15.1. The van der Waals surface area contributed by atoms with E-state index in [1.54, 1.807) is 0 Å². The van der Waals surface area contributed by atoms with Crippen LogP contribution >= 0.6 is 0 Å². The number of hydrogen-bond donors (Lipinski definition) is 2. The Morgan fingerprint density at radius 3 is 1.61 bits per heavy atom. The lowest BCUT2D eigenvalue weighted by molar-refractivity contribution is 0.668. The number of benzene rings is 9. The number of para-hydroxylation sites is 3. The highest BCUT2D eigenvalue weighted by Crippen LogP contribution is 2.39. The molecule has 59 heavy (non-hydrogen) atoms. The molecule has 0 amide bonds. The molecule has 0 aliphatic heterocycles. The molecule has 2 N–H and O–H groups in total. The molecule has 0 bridgehead atoms. The maximum Gasteiger partial charge on any atom is 0.143 e. The van der Waals surface area contributed by atoms with Gasteiger partial charge >= 0.3 is 0 Å². The summed E-state index contributed by atoms with van der Waals surface area (Å²) in [6, 6.07) is 67.4. The van der Waals surface area contributed by atoms with Crippen LogP contribution in [0.1, 0.15) is 0 Å². The van der Waals surface area contributed by atoms with E-state index in [4.69, 9.17) is 13.3 Å². The molecule has 0 atom stereocenters. The molecular formula is C54H34N2O3. The zero-order valence-electron chi connectivity index (χ0n) is 31.7. The molecule has 3 aromatic heterocycles. The minimum absolute atomic E-state index is 0.858. The highest BCUT2D eigenvalue weighted by Gasteiger charge is 2.15. The number of anilines is 4. The number of furan rings is 3. The summed E-state index contributed by atoms with van der Waals surface area (Å²) >= 11 is 0. The van der Waals surface area contributed by atoms with E-state index in [-0.39, 0.29) is 0 Å². The van der Waals surface area contributed by atoms with Crippen LogP contribution in [0.15, 0.2) is 207 Å². The Morgan fingerprint density at radius 2 is 0.831 bits per heavy atom. The molecule has 0 fully saturated rings. The van der Waals surface area contributed by atoms with Crippen LogP contribution < -0.4 is 10.6 Å². The van der Waals surface area contributed by atoms with E-state index in [9.17, 15) is 0 Å². The van der Waals surface area contributed by atoms with E-state index in [2.05, 4.69) is 156 Å². The Morgan fingerprint density at radius 1 is 0.288 bits per heavy atom. The van der Waals surface area contributed by atoms with Gasteiger partial charge in [-0.2, -0.15) is 0 Å². The van der Waals surface area contributed by atoms with Crippen LogP contribution in [0, 0.1) is 0 Å². The fourth-order valence-corrected chi connectivity index (χ4v) is 8.54. The van der Waals surface area contributed by atoms with Crippen molar-refractivity contribution in [2.45, 2.75) is 0 Å². The molecule has 3 heterocycles. The van der Waals surface area contributed by atoms with Crippen molar-refractivity contribution in [3.8, 4) is 33.4 Å².